The van der Waals surface area contributed by atoms with E-state index in [0.29, 0.717) is 11.3 Å². The SMILES string of the molecule is Cc1c(F)ccc2cccc(N)c12. The van der Waals surface area contributed by atoms with Crippen LogP contribution in [0.2, 0.25) is 0 Å². The third-order valence-electron chi connectivity index (χ3n) is 2.27. The number of hydrogen-bond donors (Lipinski definition) is 1. The van der Waals surface area contributed by atoms with E-state index in [1.54, 1.807) is 19.1 Å². The summed E-state index contributed by atoms with van der Waals surface area (Å²) in [4.78, 5) is 0. The van der Waals surface area contributed by atoms with Crippen LogP contribution in [0.5, 0.6) is 0 Å². The maximum atomic E-state index is 13.2. The third kappa shape index (κ3) is 1.15. The highest BCUT2D eigenvalue weighted by Gasteiger charge is 2.04. The van der Waals surface area contributed by atoms with Gasteiger partial charge in [-0.1, -0.05) is 18.2 Å². The fraction of sp³-hybridized carbons (Fsp3) is 0.0909. The van der Waals surface area contributed by atoms with Gasteiger partial charge in [-0.3, -0.25) is 0 Å². The molecule has 2 aromatic rings. The van der Waals surface area contributed by atoms with Crippen molar-refractivity contribution in [1.82, 2.24) is 0 Å². The van der Waals surface area contributed by atoms with Crippen molar-refractivity contribution in [2.45, 2.75) is 6.92 Å². The largest absolute Gasteiger partial charge is 0.398 e. The van der Waals surface area contributed by atoms with Crippen LogP contribution in [-0.2, 0) is 0 Å². The highest BCUT2D eigenvalue weighted by atomic mass is 19.1. The first kappa shape index (κ1) is 8.05. The molecule has 0 atom stereocenters. The Balaban J connectivity index is 2.97. The number of benzene rings is 2. The molecule has 1 nitrogen and oxygen atoms in total. The predicted octanol–water partition coefficient (Wildman–Crippen LogP) is 2.87. The van der Waals surface area contributed by atoms with Crippen molar-refractivity contribution in [3.63, 3.8) is 0 Å². The van der Waals surface area contributed by atoms with Crippen molar-refractivity contribution in [2.75, 3.05) is 5.73 Å². The monoisotopic (exact) mass is 175 g/mol. The lowest BCUT2D eigenvalue weighted by Crippen LogP contribution is -1.91. The first-order chi connectivity index (χ1) is 6.20. The van der Waals surface area contributed by atoms with Crippen LogP contribution in [0.25, 0.3) is 10.8 Å². The van der Waals surface area contributed by atoms with E-state index >= 15 is 0 Å². The zero-order chi connectivity index (χ0) is 9.42. The number of anilines is 1. The predicted molar refractivity (Wildman–Crippen MR) is 53.1 cm³/mol. The zero-order valence-electron chi connectivity index (χ0n) is 7.34. The Morgan fingerprint density at radius 3 is 2.69 bits per heavy atom. The summed E-state index contributed by atoms with van der Waals surface area (Å²) < 4.78 is 13.2. The molecule has 66 valence electrons. The number of hydrogen-bond acceptors (Lipinski definition) is 1. The summed E-state index contributed by atoms with van der Waals surface area (Å²) in [5, 5.41) is 1.81. The number of rotatable bonds is 0. The van der Waals surface area contributed by atoms with Gasteiger partial charge < -0.3 is 5.73 Å². The highest BCUT2D eigenvalue weighted by molar-refractivity contribution is 5.95. The average molecular weight is 175 g/mol. The van der Waals surface area contributed by atoms with Gasteiger partial charge >= 0.3 is 0 Å². The topological polar surface area (TPSA) is 26.0 Å². The molecule has 0 bridgehead atoms. The minimum Gasteiger partial charge on any atom is -0.398 e. The van der Waals surface area contributed by atoms with Crippen LogP contribution in [0.3, 0.4) is 0 Å². The van der Waals surface area contributed by atoms with Gasteiger partial charge in [0.15, 0.2) is 0 Å². The molecule has 0 aliphatic carbocycles. The fourth-order valence-corrected chi connectivity index (χ4v) is 1.57. The Morgan fingerprint density at radius 1 is 1.15 bits per heavy atom. The van der Waals surface area contributed by atoms with Crippen molar-refractivity contribution < 1.29 is 4.39 Å². The van der Waals surface area contributed by atoms with Crippen molar-refractivity contribution >= 4 is 16.5 Å². The van der Waals surface area contributed by atoms with Crippen molar-refractivity contribution in [3.8, 4) is 0 Å². The molecule has 0 heterocycles. The molecule has 0 spiro atoms. The second-order valence-corrected chi connectivity index (χ2v) is 3.12. The summed E-state index contributed by atoms with van der Waals surface area (Å²) in [6, 6.07) is 8.80. The van der Waals surface area contributed by atoms with Gasteiger partial charge in [-0.15, -0.1) is 0 Å². The molecule has 0 amide bonds. The summed E-state index contributed by atoms with van der Waals surface area (Å²) in [6.07, 6.45) is 0. The van der Waals surface area contributed by atoms with E-state index in [2.05, 4.69) is 0 Å². The van der Waals surface area contributed by atoms with E-state index in [1.165, 1.54) is 6.07 Å². The highest BCUT2D eigenvalue weighted by Crippen LogP contribution is 2.25. The number of halogens is 1. The minimum atomic E-state index is -0.203. The molecule has 2 N–H and O–H groups in total. The summed E-state index contributed by atoms with van der Waals surface area (Å²) in [6.45, 7) is 1.74. The van der Waals surface area contributed by atoms with Crippen molar-refractivity contribution in [2.24, 2.45) is 0 Å². The summed E-state index contributed by atoms with van der Waals surface area (Å²) in [5.41, 5.74) is 7.01. The van der Waals surface area contributed by atoms with Crippen LogP contribution in [0.15, 0.2) is 30.3 Å². The van der Waals surface area contributed by atoms with E-state index < -0.39 is 0 Å². The maximum absolute atomic E-state index is 13.2. The van der Waals surface area contributed by atoms with Gasteiger partial charge in [0.1, 0.15) is 5.82 Å². The quantitative estimate of drug-likeness (QED) is 0.612. The van der Waals surface area contributed by atoms with Gasteiger partial charge in [-0.2, -0.15) is 0 Å². The van der Waals surface area contributed by atoms with Crippen molar-refractivity contribution in [1.29, 1.82) is 0 Å². The molecule has 0 radical (unpaired) electrons. The van der Waals surface area contributed by atoms with Crippen LogP contribution >= 0.6 is 0 Å². The molecule has 0 fully saturated rings. The van der Waals surface area contributed by atoms with Crippen LogP contribution < -0.4 is 5.73 Å². The van der Waals surface area contributed by atoms with Crippen LogP contribution in [-0.4, -0.2) is 0 Å². The maximum Gasteiger partial charge on any atom is 0.126 e. The van der Waals surface area contributed by atoms with E-state index in [0.717, 1.165) is 10.8 Å². The average Bonchev–Trinajstić information content (AvgIpc) is 2.12. The van der Waals surface area contributed by atoms with E-state index in [-0.39, 0.29) is 5.82 Å². The molecule has 2 heteroatoms. The van der Waals surface area contributed by atoms with Gasteiger partial charge in [0.2, 0.25) is 0 Å². The van der Waals surface area contributed by atoms with Crippen LogP contribution in [0.4, 0.5) is 10.1 Å². The van der Waals surface area contributed by atoms with Gasteiger partial charge in [-0.05, 0) is 30.0 Å². The Kier molecular flexibility index (Phi) is 1.69. The Morgan fingerprint density at radius 2 is 1.92 bits per heavy atom. The molecule has 0 saturated heterocycles. The summed E-state index contributed by atoms with van der Waals surface area (Å²) >= 11 is 0. The van der Waals surface area contributed by atoms with Crippen LogP contribution in [0, 0.1) is 12.7 Å². The van der Waals surface area contributed by atoms with Gasteiger partial charge in [0.25, 0.3) is 0 Å². The molecule has 0 aliphatic heterocycles. The molecule has 0 aromatic heterocycles. The number of nitrogen functional groups attached to an aromatic ring is 1. The molecule has 2 rings (SSSR count). The van der Waals surface area contributed by atoms with Gasteiger partial charge in [0.05, 0.1) is 0 Å². The molecular weight excluding hydrogens is 165 g/mol. The number of nitrogens with two attached hydrogens (primary N) is 1. The molecule has 2 aromatic carbocycles. The Labute approximate surface area is 76.0 Å². The van der Waals surface area contributed by atoms with Crippen LogP contribution in [0.1, 0.15) is 5.56 Å². The molecule has 0 saturated carbocycles. The third-order valence-corrected chi connectivity index (χ3v) is 2.27. The van der Waals surface area contributed by atoms with Crippen molar-refractivity contribution in [3.05, 3.63) is 41.7 Å². The molecule has 0 unspecified atom stereocenters. The van der Waals surface area contributed by atoms with E-state index in [9.17, 15) is 4.39 Å². The fourth-order valence-electron chi connectivity index (χ4n) is 1.57. The summed E-state index contributed by atoms with van der Waals surface area (Å²) in [5.74, 6) is -0.203. The first-order valence-electron chi connectivity index (χ1n) is 4.13. The van der Waals surface area contributed by atoms with E-state index in [4.69, 9.17) is 5.73 Å². The zero-order valence-corrected chi connectivity index (χ0v) is 7.34. The molecule has 13 heavy (non-hydrogen) atoms. The summed E-state index contributed by atoms with van der Waals surface area (Å²) in [7, 11) is 0. The minimum absolute atomic E-state index is 0.203. The number of fused-ring (bicyclic) bond motifs is 1. The number of aryl methyl sites for hydroxylation is 1. The van der Waals surface area contributed by atoms with Gasteiger partial charge in [-0.25, -0.2) is 4.39 Å². The molecule has 0 aliphatic rings. The lowest BCUT2D eigenvalue weighted by Gasteiger charge is -2.05. The Bertz CT molecular complexity index is 463. The second-order valence-electron chi connectivity index (χ2n) is 3.12. The lowest BCUT2D eigenvalue weighted by atomic mass is 10.0. The Hall–Kier alpha value is -1.57. The normalized spacial score (nSPS) is 10.6. The second kappa shape index (κ2) is 2.73. The van der Waals surface area contributed by atoms with Gasteiger partial charge in [0, 0.05) is 11.1 Å². The smallest absolute Gasteiger partial charge is 0.126 e. The lowest BCUT2D eigenvalue weighted by molar-refractivity contribution is 0.621. The standard InChI is InChI=1S/C11H10FN/c1-7-9(12)6-5-8-3-2-4-10(13)11(7)8/h2-6H,13H2,1H3. The molecular formula is C11H10FN. The first-order valence-corrected chi connectivity index (χ1v) is 4.13. The van der Waals surface area contributed by atoms with E-state index in [1.807, 2.05) is 12.1 Å².